The van der Waals surface area contributed by atoms with Crippen LogP contribution in [0, 0.1) is 5.82 Å². The van der Waals surface area contributed by atoms with Crippen molar-refractivity contribution in [2.24, 2.45) is 0 Å². The van der Waals surface area contributed by atoms with Crippen molar-refractivity contribution in [3.05, 3.63) is 89.7 Å². The molecule has 0 spiro atoms. The van der Waals surface area contributed by atoms with Crippen LogP contribution in [0.15, 0.2) is 72.8 Å². The first-order valence-corrected chi connectivity index (χ1v) is 9.14. The van der Waals surface area contributed by atoms with Crippen LogP contribution in [0.4, 0.5) is 10.1 Å². The molecular weight excluding hydrogens is 339 g/mol. The maximum absolute atomic E-state index is 14.0. The average Bonchev–Trinajstić information content (AvgIpc) is 2.68. The lowest BCUT2D eigenvalue weighted by Crippen LogP contribution is -2.29. The van der Waals surface area contributed by atoms with Gasteiger partial charge in [0.1, 0.15) is 5.82 Å². The van der Waals surface area contributed by atoms with Gasteiger partial charge in [-0.15, -0.1) is 0 Å². The highest BCUT2D eigenvalue weighted by Gasteiger charge is 2.24. The smallest absolute Gasteiger partial charge is 0.225 e. The molecule has 4 heteroatoms. The van der Waals surface area contributed by atoms with Gasteiger partial charge >= 0.3 is 0 Å². The fourth-order valence-electron chi connectivity index (χ4n) is 3.62. The van der Waals surface area contributed by atoms with Crippen molar-refractivity contribution in [1.82, 2.24) is 5.32 Å². The number of benzene rings is 3. The monoisotopic (exact) mass is 360 g/mol. The quantitative estimate of drug-likeness (QED) is 0.692. The zero-order chi connectivity index (χ0) is 18.6. The first kappa shape index (κ1) is 17.4. The van der Waals surface area contributed by atoms with Crippen molar-refractivity contribution >= 4 is 11.6 Å². The number of para-hydroxylation sites is 1. The van der Waals surface area contributed by atoms with E-state index >= 15 is 0 Å². The number of hydrogen-bond acceptors (Lipinski definition) is 2. The summed E-state index contributed by atoms with van der Waals surface area (Å²) < 4.78 is 14.0. The van der Waals surface area contributed by atoms with E-state index in [-0.39, 0.29) is 17.6 Å². The van der Waals surface area contributed by atoms with Gasteiger partial charge in [0.15, 0.2) is 0 Å². The van der Waals surface area contributed by atoms with Crippen LogP contribution in [-0.4, -0.2) is 12.5 Å². The molecular formula is C23H21FN2O. The molecule has 1 amide bonds. The summed E-state index contributed by atoms with van der Waals surface area (Å²) in [5, 5.41) is 6.38. The lowest BCUT2D eigenvalue weighted by atomic mass is 9.90. The number of carbonyl (C=O) groups is 1. The topological polar surface area (TPSA) is 41.1 Å². The van der Waals surface area contributed by atoms with Crippen LogP contribution in [0.5, 0.6) is 0 Å². The van der Waals surface area contributed by atoms with Gasteiger partial charge in [-0.25, -0.2) is 4.39 Å². The summed E-state index contributed by atoms with van der Waals surface area (Å²) >= 11 is 0. The molecule has 0 saturated heterocycles. The Balaban J connectivity index is 1.44. The molecule has 1 unspecified atom stereocenters. The molecule has 4 rings (SSSR count). The number of amides is 1. The molecule has 1 aliphatic rings. The van der Waals surface area contributed by atoms with Crippen LogP contribution in [-0.2, 0) is 11.3 Å². The molecule has 2 N–H and O–H groups in total. The van der Waals surface area contributed by atoms with Crippen molar-refractivity contribution in [2.45, 2.75) is 18.9 Å². The van der Waals surface area contributed by atoms with Crippen LogP contribution < -0.4 is 10.6 Å². The van der Waals surface area contributed by atoms with Crippen LogP contribution in [0.2, 0.25) is 0 Å². The molecule has 0 aromatic heterocycles. The molecule has 27 heavy (non-hydrogen) atoms. The molecule has 0 aliphatic carbocycles. The van der Waals surface area contributed by atoms with Gasteiger partial charge in [0.25, 0.3) is 0 Å². The Morgan fingerprint density at radius 2 is 1.81 bits per heavy atom. The summed E-state index contributed by atoms with van der Waals surface area (Å²) in [5.74, 6) is -0.000755. The van der Waals surface area contributed by atoms with Gasteiger partial charge in [0.2, 0.25) is 5.91 Å². The third kappa shape index (κ3) is 3.91. The highest BCUT2D eigenvalue weighted by molar-refractivity contribution is 5.94. The summed E-state index contributed by atoms with van der Waals surface area (Å²) in [5.41, 5.74) is 4.64. The van der Waals surface area contributed by atoms with E-state index < -0.39 is 0 Å². The molecule has 1 aliphatic heterocycles. The first-order valence-electron chi connectivity index (χ1n) is 9.14. The van der Waals surface area contributed by atoms with E-state index in [0.29, 0.717) is 25.1 Å². The molecule has 0 fully saturated rings. The predicted octanol–water partition coefficient (Wildman–Crippen LogP) is 4.71. The number of halogens is 1. The van der Waals surface area contributed by atoms with Crippen LogP contribution in [0.25, 0.3) is 11.1 Å². The van der Waals surface area contributed by atoms with Gasteiger partial charge in [-0.2, -0.15) is 0 Å². The second-order valence-electron chi connectivity index (χ2n) is 6.85. The van der Waals surface area contributed by atoms with Gasteiger partial charge in [-0.05, 0) is 34.9 Å². The Hall–Kier alpha value is -2.98. The minimum Gasteiger partial charge on any atom is -0.326 e. The maximum atomic E-state index is 14.0. The van der Waals surface area contributed by atoms with Gasteiger partial charge in [-0.1, -0.05) is 54.6 Å². The average molecular weight is 360 g/mol. The van der Waals surface area contributed by atoms with E-state index in [1.807, 2.05) is 48.5 Å². The molecule has 136 valence electrons. The lowest BCUT2D eigenvalue weighted by Gasteiger charge is -2.25. The molecule has 0 radical (unpaired) electrons. The normalized spacial score (nSPS) is 15.9. The predicted molar refractivity (Wildman–Crippen MR) is 106 cm³/mol. The van der Waals surface area contributed by atoms with Crippen LogP contribution in [0.1, 0.15) is 23.5 Å². The summed E-state index contributed by atoms with van der Waals surface area (Å²) in [4.78, 5) is 11.9. The Bertz CT molecular complexity index is 970. The first-order chi connectivity index (χ1) is 13.2. The van der Waals surface area contributed by atoms with E-state index in [1.54, 1.807) is 12.1 Å². The van der Waals surface area contributed by atoms with E-state index in [0.717, 1.165) is 16.8 Å². The molecule has 0 saturated carbocycles. The summed E-state index contributed by atoms with van der Waals surface area (Å²) in [6.07, 6.45) is 0.485. The number of carbonyl (C=O) groups excluding carboxylic acids is 1. The third-order valence-electron chi connectivity index (χ3n) is 4.94. The van der Waals surface area contributed by atoms with Gasteiger partial charge in [0, 0.05) is 36.7 Å². The van der Waals surface area contributed by atoms with Crippen molar-refractivity contribution in [2.75, 3.05) is 11.9 Å². The summed E-state index contributed by atoms with van der Waals surface area (Å²) in [7, 11) is 0. The van der Waals surface area contributed by atoms with Crippen molar-refractivity contribution in [3.63, 3.8) is 0 Å². The molecule has 3 nitrogen and oxygen atoms in total. The fraction of sp³-hybridized carbons (Fsp3) is 0.174. The zero-order valence-corrected chi connectivity index (χ0v) is 14.9. The van der Waals surface area contributed by atoms with Gasteiger partial charge in [-0.3, -0.25) is 4.79 Å². The largest absolute Gasteiger partial charge is 0.326 e. The highest BCUT2D eigenvalue weighted by Crippen LogP contribution is 2.31. The second-order valence-corrected chi connectivity index (χ2v) is 6.85. The summed E-state index contributed by atoms with van der Waals surface area (Å²) in [6, 6.07) is 22.7. The van der Waals surface area contributed by atoms with Crippen LogP contribution >= 0.6 is 0 Å². The number of nitrogens with one attached hydrogen (secondary N) is 2. The number of anilines is 1. The van der Waals surface area contributed by atoms with Crippen LogP contribution in [0.3, 0.4) is 0 Å². The van der Waals surface area contributed by atoms with Crippen molar-refractivity contribution < 1.29 is 9.18 Å². The fourth-order valence-corrected chi connectivity index (χ4v) is 3.62. The Morgan fingerprint density at radius 1 is 1.00 bits per heavy atom. The number of rotatable bonds is 5. The molecule has 1 atom stereocenters. The Kier molecular flexibility index (Phi) is 4.99. The molecule has 3 aromatic rings. The minimum absolute atomic E-state index is 0.0575. The summed E-state index contributed by atoms with van der Waals surface area (Å²) in [6.45, 7) is 1.39. The van der Waals surface area contributed by atoms with Crippen molar-refractivity contribution in [1.29, 1.82) is 0 Å². The van der Waals surface area contributed by atoms with E-state index in [4.69, 9.17) is 0 Å². The number of fused-ring (bicyclic) bond motifs is 1. The molecule has 3 aromatic carbocycles. The van der Waals surface area contributed by atoms with Gasteiger partial charge < -0.3 is 10.6 Å². The SMILES string of the molecule is O=C1CC(CNCc2cccc(-c3ccccc3F)c2)c2ccccc2N1. The third-order valence-corrected chi connectivity index (χ3v) is 4.94. The maximum Gasteiger partial charge on any atom is 0.225 e. The standard InChI is InChI=1S/C23H21FN2O/c24-21-10-3-1-8-19(21)17-7-5-6-16(12-17)14-25-15-18-13-23(27)26-22-11-4-2-9-20(18)22/h1-12,18,25H,13-15H2,(H,26,27). The van der Waals surface area contributed by atoms with E-state index in [1.165, 1.54) is 11.6 Å². The molecule has 1 heterocycles. The molecule has 0 bridgehead atoms. The minimum atomic E-state index is -0.215. The van der Waals surface area contributed by atoms with Crippen molar-refractivity contribution in [3.8, 4) is 11.1 Å². The van der Waals surface area contributed by atoms with E-state index in [9.17, 15) is 9.18 Å². The zero-order valence-electron chi connectivity index (χ0n) is 14.9. The van der Waals surface area contributed by atoms with E-state index in [2.05, 4.69) is 16.7 Å². The second kappa shape index (κ2) is 7.72. The Labute approximate surface area is 158 Å². The Morgan fingerprint density at radius 3 is 2.70 bits per heavy atom. The highest BCUT2D eigenvalue weighted by atomic mass is 19.1. The van der Waals surface area contributed by atoms with Gasteiger partial charge in [0.05, 0.1) is 0 Å². The number of hydrogen-bond donors (Lipinski definition) is 2. The lowest BCUT2D eigenvalue weighted by molar-refractivity contribution is -0.116.